The molecule has 4 heterocycles. The first-order valence-electron chi connectivity index (χ1n) is 8.85. The summed E-state index contributed by atoms with van der Waals surface area (Å²) < 4.78 is 6.34. The minimum atomic E-state index is -0.548. The van der Waals surface area contributed by atoms with E-state index in [1.165, 1.54) is 11.5 Å². The number of carbonyl (C=O) groups is 1. The van der Waals surface area contributed by atoms with Gasteiger partial charge in [-0.15, -0.1) is 0 Å². The number of rotatable bonds is 6. The number of amides is 2. The fraction of sp³-hybridized carbons (Fsp3) is 0.353. The highest BCUT2D eigenvalue weighted by Crippen LogP contribution is 2.27. The van der Waals surface area contributed by atoms with Crippen molar-refractivity contribution in [3.8, 4) is 0 Å². The highest BCUT2D eigenvalue weighted by atomic mass is 32.1. The minimum Gasteiger partial charge on any atom is -0.352 e. The highest BCUT2D eigenvalue weighted by Gasteiger charge is 2.22. The van der Waals surface area contributed by atoms with Gasteiger partial charge in [0.05, 0.1) is 29.2 Å². The van der Waals surface area contributed by atoms with Crippen LogP contribution in [0.4, 0.5) is 15.6 Å². The van der Waals surface area contributed by atoms with Gasteiger partial charge in [-0.25, -0.2) is 14.8 Å². The first-order chi connectivity index (χ1) is 13.5. The molecule has 1 aliphatic heterocycles. The predicted octanol–water partition coefficient (Wildman–Crippen LogP) is 1.46. The minimum absolute atomic E-state index is 0.150. The van der Waals surface area contributed by atoms with E-state index in [1.54, 1.807) is 0 Å². The first-order valence-corrected chi connectivity index (χ1v) is 9.62. The van der Waals surface area contributed by atoms with Gasteiger partial charge >= 0.3 is 6.03 Å². The van der Waals surface area contributed by atoms with Crippen molar-refractivity contribution in [2.75, 3.05) is 25.5 Å². The van der Waals surface area contributed by atoms with Gasteiger partial charge in [0.15, 0.2) is 11.5 Å². The van der Waals surface area contributed by atoms with Gasteiger partial charge in [-0.05, 0) is 24.5 Å². The second-order valence-electron chi connectivity index (χ2n) is 6.67. The molecule has 0 saturated heterocycles. The molecule has 1 atom stereocenters. The van der Waals surface area contributed by atoms with Crippen molar-refractivity contribution in [3.63, 3.8) is 0 Å². The maximum absolute atomic E-state index is 11.0. The third-order valence-electron chi connectivity index (χ3n) is 4.41. The molecule has 0 aliphatic carbocycles. The topological polar surface area (TPSA) is 126 Å². The number of hydrogen-bond donors (Lipinski definition) is 3. The molecule has 4 N–H and O–H groups in total. The summed E-state index contributed by atoms with van der Waals surface area (Å²) in [5.41, 5.74) is 8.69. The van der Waals surface area contributed by atoms with Crippen molar-refractivity contribution in [1.82, 2.24) is 29.1 Å². The van der Waals surface area contributed by atoms with Crippen molar-refractivity contribution in [1.29, 1.82) is 0 Å². The summed E-state index contributed by atoms with van der Waals surface area (Å²) in [6.45, 7) is 3.15. The van der Waals surface area contributed by atoms with Crippen LogP contribution in [0.5, 0.6) is 0 Å². The molecule has 0 saturated carbocycles. The summed E-state index contributed by atoms with van der Waals surface area (Å²) in [5, 5.41) is 13.1. The Hall–Kier alpha value is -3.21. The van der Waals surface area contributed by atoms with Crippen molar-refractivity contribution < 1.29 is 4.79 Å². The number of nitrogens with zero attached hydrogens (tertiary/aromatic N) is 6. The maximum atomic E-state index is 11.0. The Balaban J connectivity index is 1.71. The summed E-state index contributed by atoms with van der Waals surface area (Å²) in [7, 11) is 1.95. The Kier molecular flexibility index (Phi) is 4.82. The number of imidazole rings is 1. The molecule has 3 aromatic rings. The smallest absolute Gasteiger partial charge is 0.312 e. The average Bonchev–Trinajstić information content (AvgIpc) is 3.35. The van der Waals surface area contributed by atoms with E-state index in [-0.39, 0.29) is 5.92 Å². The monoisotopic (exact) mass is 399 g/mol. The number of anilines is 2. The van der Waals surface area contributed by atoms with Crippen LogP contribution in [0.25, 0.3) is 5.65 Å². The summed E-state index contributed by atoms with van der Waals surface area (Å²) in [4.78, 5) is 20.3. The molecule has 10 nitrogen and oxygen atoms in total. The number of primary amides is 1. The SMILES string of the molecule is Cc1cc(Nc2nc(CCNC(N)=O)cn3c(C4C=NN(C)C4)cnc23)sn1. The zero-order valence-corrected chi connectivity index (χ0v) is 16.4. The van der Waals surface area contributed by atoms with E-state index in [9.17, 15) is 4.79 Å². The molecule has 3 aromatic heterocycles. The quantitative estimate of drug-likeness (QED) is 0.576. The highest BCUT2D eigenvalue weighted by molar-refractivity contribution is 7.10. The van der Waals surface area contributed by atoms with Crippen molar-refractivity contribution in [3.05, 3.63) is 35.5 Å². The normalized spacial score (nSPS) is 16.1. The number of hydrazone groups is 1. The molecule has 0 spiro atoms. The van der Waals surface area contributed by atoms with Gasteiger partial charge in [-0.3, -0.25) is 9.41 Å². The largest absolute Gasteiger partial charge is 0.352 e. The molecule has 0 fully saturated rings. The van der Waals surface area contributed by atoms with Gasteiger partial charge in [0.2, 0.25) is 0 Å². The lowest BCUT2D eigenvalue weighted by Gasteiger charge is -2.13. The number of nitrogens with one attached hydrogen (secondary N) is 2. The molecule has 0 aromatic carbocycles. The Morgan fingerprint density at radius 2 is 2.32 bits per heavy atom. The van der Waals surface area contributed by atoms with Crippen molar-refractivity contribution in [2.45, 2.75) is 19.3 Å². The average molecular weight is 399 g/mol. The van der Waals surface area contributed by atoms with Crippen LogP contribution in [0.15, 0.2) is 23.6 Å². The van der Waals surface area contributed by atoms with Gasteiger partial charge in [-0.1, -0.05) is 0 Å². The summed E-state index contributed by atoms with van der Waals surface area (Å²) >= 11 is 1.37. The van der Waals surface area contributed by atoms with Crippen LogP contribution >= 0.6 is 11.5 Å². The van der Waals surface area contributed by atoms with E-state index in [0.29, 0.717) is 18.8 Å². The number of aromatic nitrogens is 4. The third-order valence-corrected chi connectivity index (χ3v) is 5.20. The Labute approximate surface area is 165 Å². The van der Waals surface area contributed by atoms with Crippen LogP contribution in [0, 0.1) is 6.92 Å². The summed E-state index contributed by atoms with van der Waals surface area (Å²) in [5.74, 6) is 0.798. The number of hydrogen-bond acceptors (Lipinski definition) is 8. The predicted molar refractivity (Wildman–Crippen MR) is 108 cm³/mol. The van der Waals surface area contributed by atoms with Crippen molar-refractivity contribution in [2.24, 2.45) is 10.8 Å². The molecule has 1 unspecified atom stereocenters. The van der Waals surface area contributed by atoms with Gasteiger partial charge in [0.25, 0.3) is 0 Å². The fourth-order valence-electron chi connectivity index (χ4n) is 3.13. The van der Waals surface area contributed by atoms with E-state index >= 15 is 0 Å². The number of aryl methyl sites for hydroxylation is 1. The molecule has 2 amide bonds. The zero-order valence-electron chi connectivity index (χ0n) is 15.6. The van der Waals surface area contributed by atoms with E-state index in [4.69, 9.17) is 10.7 Å². The molecule has 28 heavy (non-hydrogen) atoms. The number of nitrogens with two attached hydrogens (primary N) is 1. The number of likely N-dealkylation sites (N-methyl/N-ethyl adjacent to an activating group) is 1. The molecule has 0 bridgehead atoms. The zero-order chi connectivity index (χ0) is 19.7. The molecule has 1 aliphatic rings. The van der Waals surface area contributed by atoms with E-state index < -0.39 is 6.03 Å². The van der Waals surface area contributed by atoms with Crippen LogP contribution in [0.1, 0.15) is 23.0 Å². The van der Waals surface area contributed by atoms with E-state index in [2.05, 4.69) is 25.1 Å². The van der Waals surface area contributed by atoms with Gasteiger partial charge in [0, 0.05) is 39.0 Å². The van der Waals surface area contributed by atoms with Gasteiger partial charge in [0.1, 0.15) is 5.00 Å². The van der Waals surface area contributed by atoms with Crippen LogP contribution in [-0.4, -0.2) is 56.1 Å². The third kappa shape index (κ3) is 3.74. The number of urea groups is 1. The van der Waals surface area contributed by atoms with Crippen LogP contribution < -0.4 is 16.4 Å². The molecular weight excluding hydrogens is 378 g/mol. The molecule has 11 heteroatoms. The molecule has 146 valence electrons. The molecular formula is C17H21N9OS. The fourth-order valence-corrected chi connectivity index (χ4v) is 3.79. The van der Waals surface area contributed by atoms with Crippen molar-refractivity contribution >= 4 is 40.2 Å². The van der Waals surface area contributed by atoms with E-state index in [0.717, 1.165) is 34.3 Å². The summed E-state index contributed by atoms with van der Waals surface area (Å²) in [6, 6.07) is 1.42. The molecule has 0 radical (unpaired) electrons. The van der Waals surface area contributed by atoms with Crippen LogP contribution in [0.3, 0.4) is 0 Å². The Morgan fingerprint density at radius 3 is 3.00 bits per heavy atom. The maximum Gasteiger partial charge on any atom is 0.312 e. The lowest BCUT2D eigenvalue weighted by molar-refractivity contribution is 0.249. The lowest BCUT2D eigenvalue weighted by Crippen LogP contribution is -2.31. The second kappa shape index (κ2) is 7.43. The van der Waals surface area contributed by atoms with Gasteiger partial charge in [-0.2, -0.15) is 9.47 Å². The van der Waals surface area contributed by atoms with Crippen LogP contribution in [0.2, 0.25) is 0 Å². The molecule has 4 rings (SSSR count). The number of carbonyl (C=O) groups excluding carboxylic acids is 1. The Bertz CT molecular complexity index is 1040. The standard InChI is InChI=1S/C17H21N9OS/c1-10-5-14(28-24-10)23-15-16-20-7-13(11-6-21-25(2)8-11)26(16)9-12(22-15)3-4-19-17(18)27/h5-7,9,11H,3-4,8H2,1-2H3,(H,22,23)(H3,18,19,27). The van der Waals surface area contributed by atoms with Gasteiger partial charge < -0.3 is 16.4 Å². The van der Waals surface area contributed by atoms with E-state index in [1.807, 2.05) is 48.1 Å². The second-order valence-corrected chi connectivity index (χ2v) is 7.47. The Morgan fingerprint density at radius 1 is 1.46 bits per heavy atom. The number of fused-ring (bicyclic) bond motifs is 1. The summed E-state index contributed by atoms with van der Waals surface area (Å²) in [6.07, 6.45) is 6.29. The first kappa shape index (κ1) is 18.2. The lowest BCUT2D eigenvalue weighted by atomic mass is 10.1. The van der Waals surface area contributed by atoms with Crippen LogP contribution in [-0.2, 0) is 6.42 Å².